The summed E-state index contributed by atoms with van der Waals surface area (Å²) in [5, 5.41) is 0. The Labute approximate surface area is 199 Å². The molecule has 3 nitrogen and oxygen atoms in total. The van der Waals surface area contributed by atoms with Gasteiger partial charge in [0.05, 0.1) is 5.56 Å². The highest BCUT2D eigenvalue weighted by atomic mass is 16.5. The van der Waals surface area contributed by atoms with Gasteiger partial charge in [0.15, 0.2) is 5.78 Å². The summed E-state index contributed by atoms with van der Waals surface area (Å²) in [5.41, 5.74) is 6.08. The molecule has 0 amide bonds. The molecule has 0 bridgehead atoms. The van der Waals surface area contributed by atoms with Crippen LogP contribution in [0.25, 0.3) is 0 Å². The molecule has 2 aromatic rings. The fourth-order valence-electron chi connectivity index (χ4n) is 3.66. The number of carbonyl (C=O) groups is 2. The van der Waals surface area contributed by atoms with Gasteiger partial charge in [-0.25, -0.2) is 4.79 Å². The van der Waals surface area contributed by atoms with Crippen LogP contribution in [-0.4, -0.2) is 18.4 Å². The van der Waals surface area contributed by atoms with Crippen LogP contribution in [0.1, 0.15) is 104 Å². The lowest BCUT2D eigenvalue weighted by Gasteiger charge is -2.16. The van der Waals surface area contributed by atoms with E-state index in [2.05, 4.69) is 45.9 Å². The summed E-state index contributed by atoms with van der Waals surface area (Å²) in [6.07, 6.45) is 6.26. The van der Waals surface area contributed by atoms with Gasteiger partial charge in [0.25, 0.3) is 0 Å². The van der Waals surface area contributed by atoms with Gasteiger partial charge in [0.1, 0.15) is 6.61 Å². The summed E-state index contributed by atoms with van der Waals surface area (Å²) in [5.74, 6) is 0.640. The van der Waals surface area contributed by atoms with Gasteiger partial charge in [0.2, 0.25) is 0 Å². The molecule has 0 saturated heterocycles. The number of carbonyl (C=O) groups excluding carboxylic acids is 2. The van der Waals surface area contributed by atoms with Crippen molar-refractivity contribution in [1.82, 2.24) is 0 Å². The molecule has 0 radical (unpaired) electrons. The summed E-state index contributed by atoms with van der Waals surface area (Å²) >= 11 is 0. The Morgan fingerprint density at radius 2 is 1.58 bits per heavy atom. The average molecular weight is 447 g/mol. The third kappa shape index (κ3) is 8.49. The Morgan fingerprint density at radius 3 is 2.21 bits per heavy atom. The summed E-state index contributed by atoms with van der Waals surface area (Å²) < 4.78 is 5.31. The second kappa shape index (κ2) is 12.9. The third-order valence-electron chi connectivity index (χ3n) is 5.79. The normalized spacial score (nSPS) is 12.4. The van der Waals surface area contributed by atoms with Crippen LogP contribution < -0.4 is 0 Å². The van der Waals surface area contributed by atoms with Crippen molar-refractivity contribution in [2.75, 3.05) is 6.61 Å². The maximum absolute atomic E-state index is 13.0. The van der Waals surface area contributed by atoms with Gasteiger partial charge in [0, 0.05) is 12.0 Å². The van der Waals surface area contributed by atoms with Crippen LogP contribution in [0.3, 0.4) is 0 Å². The number of hydrogen-bond acceptors (Lipinski definition) is 3. The number of allylic oxidation sites excluding steroid dienone is 3. The molecule has 2 aromatic carbocycles. The van der Waals surface area contributed by atoms with Crippen molar-refractivity contribution in [1.29, 1.82) is 0 Å². The molecule has 2 rings (SSSR count). The standard InChI is InChI=1S/C30H38O3/c1-21(2)26-15-16-27(28(20-26)22(3)4)29(31)19-24(6)12-10-11-23(5)17-18-33-30(32)25-13-8-7-9-14-25/h7-9,12-17,20-22H,10-11,18-19H2,1-6H3/b23-17+,24-12?. The number of benzene rings is 2. The molecule has 0 heterocycles. The molecule has 0 unspecified atom stereocenters. The Hall–Kier alpha value is -2.94. The van der Waals surface area contributed by atoms with E-state index in [1.54, 1.807) is 12.1 Å². The number of Topliss-reactive ketones (excluding diaryl/α,β-unsaturated/α-hetero) is 1. The molecule has 0 saturated carbocycles. The van der Waals surface area contributed by atoms with Gasteiger partial charge in [-0.1, -0.05) is 81.3 Å². The number of rotatable bonds is 11. The molecule has 0 aliphatic rings. The van der Waals surface area contributed by atoms with Crippen LogP contribution in [-0.2, 0) is 4.74 Å². The fourth-order valence-corrected chi connectivity index (χ4v) is 3.66. The van der Waals surface area contributed by atoms with Crippen LogP contribution in [0, 0.1) is 0 Å². The van der Waals surface area contributed by atoms with Gasteiger partial charge < -0.3 is 4.74 Å². The van der Waals surface area contributed by atoms with Crippen molar-refractivity contribution in [2.45, 2.75) is 72.6 Å². The van der Waals surface area contributed by atoms with E-state index in [4.69, 9.17) is 4.74 Å². The monoisotopic (exact) mass is 446 g/mol. The highest BCUT2D eigenvalue weighted by molar-refractivity contribution is 5.99. The van der Waals surface area contributed by atoms with Crippen LogP contribution >= 0.6 is 0 Å². The molecule has 0 atom stereocenters. The fraction of sp³-hybridized carbons (Fsp3) is 0.400. The molecule has 0 aromatic heterocycles. The molecule has 0 aliphatic carbocycles. The number of hydrogen-bond donors (Lipinski definition) is 0. The number of ketones is 1. The van der Waals surface area contributed by atoms with Gasteiger partial charge in [-0.15, -0.1) is 0 Å². The third-order valence-corrected chi connectivity index (χ3v) is 5.79. The number of ether oxygens (including phenoxy) is 1. The first kappa shape index (κ1) is 26.3. The molecule has 0 spiro atoms. The smallest absolute Gasteiger partial charge is 0.338 e. The molecule has 33 heavy (non-hydrogen) atoms. The summed E-state index contributed by atoms with van der Waals surface area (Å²) in [4.78, 5) is 25.0. The Bertz CT molecular complexity index is 994. The highest BCUT2D eigenvalue weighted by Crippen LogP contribution is 2.26. The Balaban J connectivity index is 1.86. The van der Waals surface area contributed by atoms with Gasteiger partial charge >= 0.3 is 5.97 Å². The molecule has 3 heteroatoms. The van der Waals surface area contributed by atoms with Crippen molar-refractivity contribution in [2.24, 2.45) is 0 Å². The largest absolute Gasteiger partial charge is 0.458 e. The van der Waals surface area contributed by atoms with E-state index in [9.17, 15) is 9.59 Å². The predicted molar refractivity (Wildman–Crippen MR) is 137 cm³/mol. The van der Waals surface area contributed by atoms with Crippen molar-refractivity contribution >= 4 is 11.8 Å². The van der Waals surface area contributed by atoms with Crippen LogP contribution in [0.5, 0.6) is 0 Å². The summed E-state index contributed by atoms with van der Waals surface area (Å²) in [6.45, 7) is 13.0. The quantitative estimate of drug-likeness (QED) is 0.199. The zero-order chi connectivity index (χ0) is 24.4. The molecule has 0 aliphatic heterocycles. The first-order chi connectivity index (χ1) is 15.7. The minimum Gasteiger partial charge on any atom is -0.458 e. The van der Waals surface area contributed by atoms with E-state index < -0.39 is 0 Å². The second-order valence-electron chi connectivity index (χ2n) is 9.36. The van der Waals surface area contributed by atoms with Crippen LogP contribution in [0.2, 0.25) is 0 Å². The van der Waals surface area contributed by atoms with Gasteiger partial charge in [-0.3, -0.25) is 4.79 Å². The molecule has 176 valence electrons. The highest BCUT2D eigenvalue weighted by Gasteiger charge is 2.15. The van der Waals surface area contributed by atoms with Gasteiger partial charge in [-0.2, -0.15) is 0 Å². The van der Waals surface area contributed by atoms with E-state index in [0.717, 1.165) is 35.1 Å². The lowest BCUT2D eigenvalue weighted by Crippen LogP contribution is -2.07. The van der Waals surface area contributed by atoms with Crippen molar-refractivity contribution < 1.29 is 14.3 Å². The van der Waals surface area contributed by atoms with E-state index in [1.165, 1.54) is 5.56 Å². The maximum Gasteiger partial charge on any atom is 0.338 e. The van der Waals surface area contributed by atoms with Crippen molar-refractivity contribution in [3.05, 3.63) is 94.1 Å². The topological polar surface area (TPSA) is 43.4 Å². The van der Waals surface area contributed by atoms with Gasteiger partial charge in [-0.05, 0) is 67.9 Å². The average Bonchev–Trinajstić information content (AvgIpc) is 2.78. The van der Waals surface area contributed by atoms with Crippen molar-refractivity contribution in [3.63, 3.8) is 0 Å². The lowest BCUT2D eigenvalue weighted by molar-refractivity contribution is 0.0548. The van der Waals surface area contributed by atoms with Crippen molar-refractivity contribution in [3.8, 4) is 0 Å². The molecular formula is C30H38O3. The predicted octanol–water partition coefficient (Wildman–Crippen LogP) is 8.04. The molecule has 0 N–H and O–H groups in total. The van der Waals surface area contributed by atoms with E-state index in [1.807, 2.05) is 44.2 Å². The second-order valence-corrected chi connectivity index (χ2v) is 9.36. The van der Waals surface area contributed by atoms with Crippen LogP contribution in [0.15, 0.2) is 71.8 Å². The maximum atomic E-state index is 13.0. The van der Waals surface area contributed by atoms with E-state index >= 15 is 0 Å². The lowest BCUT2D eigenvalue weighted by atomic mass is 9.88. The van der Waals surface area contributed by atoms with Crippen LogP contribution in [0.4, 0.5) is 0 Å². The van der Waals surface area contributed by atoms with E-state index in [0.29, 0.717) is 23.8 Å². The first-order valence-electron chi connectivity index (χ1n) is 11.9. The Morgan fingerprint density at radius 1 is 0.879 bits per heavy atom. The summed E-state index contributed by atoms with van der Waals surface area (Å²) in [7, 11) is 0. The minimum atomic E-state index is -0.309. The Kier molecular flexibility index (Phi) is 10.3. The summed E-state index contributed by atoms with van der Waals surface area (Å²) in [6, 6.07) is 15.3. The molecular weight excluding hydrogens is 408 g/mol. The minimum absolute atomic E-state index is 0.183. The molecule has 0 fully saturated rings. The SMILES string of the molecule is CC(=CCC/C(C)=C/COC(=O)c1ccccc1)CC(=O)c1ccc(C(C)C)cc1C(C)C. The zero-order valence-electron chi connectivity index (χ0n) is 21.0. The zero-order valence-corrected chi connectivity index (χ0v) is 21.0. The number of esters is 1. The first-order valence-corrected chi connectivity index (χ1v) is 11.9. The van der Waals surface area contributed by atoms with E-state index in [-0.39, 0.29) is 18.4 Å².